The van der Waals surface area contributed by atoms with E-state index in [1.807, 2.05) is 48.5 Å². The Kier molecular flexibility index (Phi) is 6.81. The molecule has 0 aromatic heterocycles. The van der Waals surface area contributed by atoms with E-state index in [0.29, 0.717) is 4.90 Å². The Hall–Kier alpha value is -4.67. The summed E-state index contributed by atoms with van der Waals surface area (Å²) < 4.78 is 44.3. The Balaban J connectivity index is 1.28. The molecule has 11 heteroatoms. The second-order valence-electron chi connectivity index (χ2n) is 9.00. The van der Waals surface area contributed by atoms with Gasteiger partial charge in [-0.1, -0.05) is 65.7 Å². The number of halogens is 3. The van der Waals surface area contributed by atoms with E-state index >= 15 is 0 Å². The lowest BCUT2D eigenvalue weighted by Crippen LogP contribution is -2.42. The summed E-state index contributed by atoms with van der Waals surface area (Å²) in [6, 6.07) is 20.8. The summed E-state index contributed by atoms with van der Waals surface area (Å²) in [5, 5.41) is 0.229. The third-order valence-corrected chi connectivity index (χ3v) is 6.53. The van der Waals surface area contributed by atoms with Crippen LogP contribution in [0.3, 0.4) is 0 Å². The van der Waals surface area contributed by atoms with Gasteiger partial charge in [0.1, 0.15) is 13.2 Å². The van der Waals surface area contributed by atoms with Crippen LogP contribution < -0.4 is 0 Å². The number of hydrogen-bond acceptors (Lipinski definition) is 6. The summed E-state index contributed by atoms with van der Waals surface area (Å²) in [6.07, 6.45) is -7.19. The number of carbonyl (C=O) groups excluding carboxylic acids is 4. The number of benzene rings is 3. The lowest BCUT2D eigenvalue weighted by Gasteiger charge is -2.24. The molecule has 0 saturated carbocycles. The number of alkyl halides is 3. The summed E-state index contributed by atoms with van der Waals surface area (Å²) >= 11 is 0. The molecule has 0 radical (unpaired) electrons. The summed E-state index contributed by atoms with van der Waals surface area (Å²) in [5.41, 5.74) is 3.76. The Bertz CT molecular complexity index is 1390. The van der Waals surface area contributed by atoms with Crippen molar-refractivity contribution in [1.82, 2.24) is 9.96 Å². The maximum Gasteiger partial charge on any atom is 0.410 e. The monoisotopic (exact) mass is 538 g/mol. The number of carbonyl (C=O) groups is 4. The smallest absolute Gasteiger partial charge is 0.410 e. The standard InChI is InChI=1S/C28H21F3N2O6/c29-28(30,31)13-14-32(15-24(34)39-33-25(35)21-11-5-6-12-22(21)26(33)36)27(37)38-16-23-19-9-3-1-7-17(19)18-8-2-4-10-20(18)23/h1-12,23H,13-16H2. The van der Waals surface area contributed by atoms with Gasteiger partial charge in [0.25, 0.3) is 11.8 Å². The van der Waals surface area contributed by atoms with Crippen LogP contribution in [0.15, 0.2) is 72.8 Å². The van der Waals surface area contributed by atoms with Gasteiger partial charge in [-0.15, -0.1) is 0 Å². The zero-order chi connectivity index (χ0) is 27.7. The first-order chi connectivity index (χ1) is 18.6. The fourth-order valence-corrected chi connectivity index (χ4v) is 4.72. The molecule has 0 unspecified atom stereocenters. The van der Waals surface area contributed by atoms with E-state index in [4.69, 9.17) is 9.57 Å². The normalized spacial score (nSPS) is 14.1. The van der Waals surface area contributed by atoms with Crippen LogP contribution in [0.1, 0.15) is 44.2 Å². The van der Waals surface area contributed by atoms with Crippen molar-refractivity contribution in [3.05, 3.63) is 95.1 Å². The Morgan fingerprint density at radius 1 is 0.795 bits per heavy atom. The van der Waals surface area contributed by atoms with Crippen LogP contribution in [0.25, 0.3) is 11.1 Å². The van der Waals surface area contributed by atoms with Crippen LogP contribution >= 0.6 is 0 Å². The third kappa shape index (κ3) is 5.20. The van der Waals surface area contributed by atoms with Crippen LogP contribution in [0.5, 0.6) is 0 Å². The molecule has 3 aromatic rings. The fourth-order valence-electron chi connectivity index (χ4n) is 4.72. The minimum atomic E-state index is -4.62. The Labute approximate surface area is 220 Å². The molecule has 3 amide bonds. The molecule has 0 atom stereocenters. The molecule has 0 fully saturated rings. The summed E-state index contributed by atoms with van der Waals surface area (Å²) in [6.45, 7) is -2.04. The van der Waals surface area contributed by atoms with Crippen LogP contribution in [0, 0.1) is 0 Å². The Morgan fingerprint density at radius 2 is 1.28 bits per heavy atom. The fraction of sp³-hybridized carbons (Fsp3) is 0.214. The molecule has 5 rings (SSSR count). The third-order valence-electron chi connectivity index (χ3n) is 6.53. The van der Waals surface area contributed by atoms with Crippen molar-refractivity contribution in [3.8, 4) is 11.1 Å². The minimum absolute atomic E-state index is 0.0146. The zero-order valence-electron chi connectivity index (χ0n) is 20.3. The first-order valence-electron chi connectivity index (χ1n) is 12.0. The molecule has 200 valence electrons. The summed E-state index contributed by atoms with van der Waals surface area (Å²) in [7, 11) is 0. The molecule has 39 heavy (non-hydrogen) atoms. The van der Waals surface area contributed by atoms with Crippen LogP contribution in [-0.4, -0.2) is 59.7 Å². The number of rotatable bonds is 7. The van der Waals surface area contributed by atoms with Crippen LogP contribution in [0.2, 0.25) is 0 Å². The van der Waals surface area contributed by atoms with E-state index in [1.165, 1.54) is 24.3 Å². The lowest BCUT2D eigenvalue weighted by atomic mass is 9.98. The molecule has 1 heterocycles. The number of amides is 3. The van der Waals surface area contributed by atoms with Crippen molar-refractivity contribution in [2.45, 2.75) is 18.5 Å². The first-order valence-corrected chi connectivity index (χ1v) is 12.0. The molecule has 3 aromatic carbocycles. The maximum atomic E-state index is 13.0. The summed E-state index contributed by atoms with van der Waals surface area (Å²) in [4.78, 5) is 55.8. The van der Waals surface area contributed by atoms with E-state index in [1.54, 1.807) is 0 Å². The van der Waals surface area contributed by atoms with Gasteiger partial charge < -0.3 is 9.57 Å². The predicted molar refractivity (Wildman–Crippen MR) is 130 cm³/mol. The summed E-state index contributed by atoms with van der Waals surface area (Å²) in [5.74, 6) is -3.42. The van der Waals surface area contributed by atoms with Gasteiger partial charge in [0.2, 0.25) is 0 Å². The second-order valence-corrected chi connectivity index (χ2v) is 9.00. The van der Waals surface area contributed by atoms with Crippen LogP contribution in [0.4, 0.5) is 18.0 Å². The highest BCUT2D eigenvalue weighted by atomic mass is 19.4. The molecular formula is C28H21F3N2O6. The number of nitrogens with zero attached hydrogens (tertiary/aromatic N) is 2. The minimum Gasteiger partial charge on any atom is -0.448 e. The van der Waals surface area contributed by atoms with Gasteiger partial charge >= 0.3 is 18.2 Å². The Morgan fingerprint density at radius 3 is 1.79 bits per heavy atom. The highest BCUT2D eigenvalue weighted by Gasteiger charge is 2.39. The van der Waals surface area contributed by atoms with Gasteiger partial charge in [0, 0.05) is 12.5 Å². The zero-order valence-corrected chi connectivity index (χ0v) is 20.3. The number of fused-ring (bicyclic) bond motifs is 4. The van der Waals surface area contributed by atoms with Crippen molar-refractivity contribution >= 4 is 23.9 Å². The lowest BCUT2D eigenvalue weighted by molar-refractivity contribution is -0.170. The van der Waals surface area contributed by atoms with Crippen molar-refractivity contribution in [2.75, 3.05) is 19.7 Å². The number of ether oxygens (including phenoxy) is 1. The topological polar surface area (TPSA) is 93.2 Å². The largest absolute Gasteiger partial charge is 0.448 e. The van der Waals surface area contributed by atoms with Gasteiger partial charge in [-0.2, -0.15) is 13.2 Å². The van der Waals surface area contributed by atoms with Gasteiger partial charge in [0.15, 0.2) is 0 Å². The number of hydroxylamine groups is 2. The van der Waals surface area contributed by atoms with Gasteiger partial charge in [0.05, 0.1) is 17.5 Å². The molecule has 0 bridgehead atoms. The van der Waals surface area contributed by atoms with Crippen molar-refractivity contribution in [2.24, 2.45) is 0 Å². The van der Waals surface area contributed by atoms with Crippen LogP contribution in [-0.2, 0) is 14.4 Å². The molecule has 1 aliphatic heterocycles. The van der Waals surface area contributed by atoms with E-state index in [-0.39, 0.29) is 28.7 Å². The molecule has 1 aliphatic carbocycles. The molecule has 2 aliphatic rings. The molecule has 8 nitrogen and oxygen atoms in total. The first kappa shape index (κ1) is 26.0. The van der Waals surface area contributed by atoms with E-state index in [9.17, 15) is 32.3 Å². The average Bonchev–Trinajstić information content (AvgIpc) is 3.36. The van der Waals surface area contributed by atoms with E-state index < -0.39 is 49.6 Å². The van der Waals surface area contributed by atoms with Crippen molar-refractivity contribution < 1.29 is 41.9 Å². The molecule has 0 saturated heterocycles. The van der Waals surface area contributed by atoms with Gasteiger partial charge in [-0.25, -0.2) is 9.59 Å². The maximum absolute atomic E-state index is 13.0. The highest BCUT2D eigenvalue weighted by molar-refractivity contribution is 6.20. The second kappa shape index (κ2) is 10.2. The van der Waals surface area contributed by atoms with Crippen molar-refractivity contribution in [3.63, 3.8) is 0 Å². The highest BCUT2D eigenvalue weighted by Crippen LogP contribution is 2.44. The molecule has 0 spiro atoms. The predicted octanol–water partition coefficient (Wildman–Crippen LogP) is 4.94. The van der Waals surface area contributed by atoms with Crippen molar-refractivity contribution in [1.29, 1.82) is 0 Å². The van der Waals surface area contributed by atoms with E-state index in [0.717, 1.165) is 22.3 Å². The van der Waals surface area contributed by atoms with Gasteiger partial charge in [-0.3, -0.25) is 14.5 Å². The SMILES string of the molecule is O=C(CN(CCC(F)(F)F)C(=O)OCC1c2ccccc2-c2ccccc21)ON1C(=O)c2ccccc2C1=O. The van der Waals surface area contributed by atoms with E-state index in [2.05, 4.69) is 0 Å². The molecule has 0 N–H and O–H groups in total. The number of imide groups is 1. The average molecular weight is 538 g/mol. The van der Waals surface area contributed by atoms with Gasteiger partial charge in [-0.05, 0) is 34.4 Å². The number of hydrogen-bond donors (Lipinski definition) is 0. The quantitative estimate of drug-likeness (QED) is 0.396. The molecular weight excluding hydrogens is 517 g/mol.